The van der Waals surface area contributed by atoms with Gasteiger partial charge in [-0.2, -0.15) is 0 Å². The number of hydrogen-bond donors (Lipinski definition) is 0. The molecule has 0 aliphatic carbocycles. The Labute approximate surface area is 72.4 Å². The molecule has 68 valence electrons. The molecule has 0 spiro atoms. The van der Waals surface area contributed by atoms with E-state index in [2.05, 4.69) is 11.3 Å². The van der Waals surface area contributed by atoms with E-state index in [9.17, 15) is 9.59 Å². The molecule has 0 saturated heterocycles. The largest absolute Gasteiger partial charge is 0.466 e. The summed E-state index contributed by atoms with van der Waals surface area (Å²) in [6.45, 7) is 7.19. The van der Waals surface area contributed by atoms with E-state index in [4.69, 9.17) is 0 Å². The van der Waals surface area contributed by atoms with Crippen LogP contribution in [0.15, 0.2) is 12.7 Å². The molecule has 0 amide bonds. The molecule has 0 aromatic rings. The van der Waals surface area contributed by atoms with Crippen LogP contribution in [0, 0.1) is 5.92 Å². The van der Waals surface area contributed by atoms with Crippen LogP contribution in [0.2, 0.25) is 0 Å². The van der Waals surface area contributed by atoms with E-state index in [1.807, 2.05) is 0 Å². The summed E-state index contributed by atoms with van der Waals surface area (Å²) in [5.74, 6) is -0.881. The Morgan fingerprint density at radius 3 is 2.58 bits per heavy atom. The number of ether oxygens (including phenoxy) is 1. The minimum Gasteiger partial charge on any atom is -0.466 e. The predicted octanol–water partition coefficient (Wildman–Crippen LogP) is 1.33. The van der Waals surface area contributed by atoms with Crippen molar-refractivity contribution in [2.75, 3.05) is 6.61 Å². The average Bonchev–Trinajstić information content (AvgIpc) is 2.03. The van der Waals surface area contributed by atoms with Gasteiger partial charge >= 0.3 is 5.97 Å². The molecule has 0 aromatic carbocycles. The maximum Gasteiger partial charge on any atom is 0.313 e. The molecule has 0 aromatic heterocycles. The fourth-order valence-electron chi connectivity index (χ4n) is 0.647. The number of allylic oxidation sites excluding steroid dienone is 1. The molecule has 1 atom stereocenters. The fraction of sp³-hybridized carbons (Fsp3) is 0.556. The highest BCUT2D eigenvalue weighted by molar-refractivity contribution is 5.97. The van der Waals surface area contributed by atoms with Crippen LogP contribution in [0.25, 0.3) is 0 Å². The van der Waals surface area contributed by atoms with Gasteiger partial charge in [-0.25, -0.2) is 0 Å². The third-order valence-electron chi connectivity index (χ3n) is 1.49. The first-order chi connectivity index (χ1) is 5.61. The first kappa shape index (κ1) is 10.9. The van der Waals surface area contributed by atoms with Crippen molar-refractivity contribution in [3.8, 4) is 0 Å². The van der Waals surface area contributed by atoms with Crippen molar-refractivity contribution in [1.82, 2.24) is 0 Å². The molecule has 3 nitrogen and oxygen atoms in total. The number of carbonyl (C=O) groups excluding carboxylic acids is 2. The number of Topliss-reactive ketones (excluding diaryl/α,β-unsaturated/α-hetero) is 1. The fourth-order valence-corrected chi connectivity index (χ4v) is 0.647. The minimum absolute atomic E-state index is 0.150. The van der Waals surface area contributed by atoms with Crippen molar-refractivity contribution >= 4 is 11.8 Å². The average molecular weight is 170 g/mol. The van der Waals surface area contributed by atoms with Crippen molar-refractivity contribution in [2.45, 2.75) is 20.3 Å². The van der Waals surface area contributed by atoms with Gasteiger partial charge in [0.2, 0.25) is 0 Å². The quantitative estimate of drug-likeness (QED) is 0.355. The first-order valence-electron chi connectivity index (χ1n) is 3.92. The highest BCUT2D eigenvalue weighted by Gasteiger charge is 2.14. The lowest BCUT2D eigenvalue weighted by molar-refractivity contribution is -0.145. The smallest absolute Gasteiger partial charge is 0.313 e. The molecule has 0 bridgehead atoms. The summed E-state index contributed by atoms with van der Waals surface area (Å²) in [6, 6.07) is 0. The SMILES string of the molecule is C=CC(C)C(=O)CC(=O)OCC. The zero-order chi connectivity index (χ0) is 9.56. The third kappa shape index (κ3) is 3.91. The number of rotatable bonds is 5. The van der Waals surface area contributed by atoms with Gasteiger partial charge in [-0.1, -0.05) is 13.0 Å². The zero-order valence-electron chi connectivity index (χ0n) is 7.50. The van der Waals surface area contributed by atoms with Crippen molar-refractivity contribution < 1.29 is 14.3 Å². The predicted molar refractivity (Wildman–Crippen MR) is 45.6 cm³/mol. The molecule has 12 heavy (non-hydrogen) atoms. The van der Waals surface area contributed by atoms with Crippen LogP contribution < -0.4 is 0 Å². The minimum atomic E-state index is -0.462. The second-order valence-electron chi connectivity index (χ2n) is 2.47. The van der Waals surface area contributed by atoms with Crippen LogP contribution in [-0.2, 0) is 14.3 Å². The molecular weight excluding hydrogens is 156 g/mol. The van der Waals surface area contributed by atoms with Gasteiger partial charge in [-0.3, -0.25) is 9.59 Å². The summed E-state index contributed by atoms with van der Waals surface area (Å²) < 4.78 is 4.61. The monoisotopic (exact) mass is 170 g/mol. The molecule has 1 unspecified atom stereocenters. The van der Waals surface area contributed by atoms with Gasteiger partial charge in [0.1, 0.15) is 6.42 Å². The second-order valence-corrected chi connectivity index (χ2v) is 2.47. The van der Waals surface area contributed by atoms with Gasteiger partial charge in [0, 0.05) is 5.92 Å². The van der Waals surface area contributed by atoms with Gasteiger partial charge in [-0.15, -0.1) is 6.58 Å². The third-order valence-corrected chi connectivity index (χ3v) is 1.49. The Kier molecular flexibility index (Phi) is 5.00. The van der Waals surface area contributed by atoms with Crippen LogP contribution >= 0.6 is 0 Å². The highest BCUT2D eigenvalue weighted by Crippen LogP contribution is 2.02. The lowest BCUT2D eigenvalue weighted by Gasteiger charge is -2.03. The molecule has 0 aliphatic heterocycles. The Morgan fingerprint density at radius 2 is 2.17 bits per heavy atom. The van der Waals surface area contributed by atoms with E-state index in [1.54, 1.807) is 13.8 Å². The normalized spacial score (nSPS) is 11.8. The van der Waals surface area contributed by atoms with E-state index in [-0.39, 0.29) is 18.1 Å². The molecule has 0 rings (SSSR count). The van der Waals surface area contributed by atoms with Gasteiger partial charge in [0.15, 0.2) is 5.78 Å². The standard InChI is InChI=1S/C9H14O3/c1-4-7(3)8(10)6-9(11)12-5-2/h4,7H,1,5-6H2,2-3H3. The van der Waals surface area contributed by atoms with E-state index in [0.717, 1.165) is 0 Å². The Morgan fingerprint density at radius 1 is 1.58 bits per heavy atom. The lowest BCUT2D eigenvalue weighted by atomic mass is 10.0. The number of esters is 1. The van der Waals surface area contributed by atoms with Crippen LogP contribution in [0.5, 0.6) is 0 Å². The molecular formula is C9H14O3. The maximum absolute atomic E-state index is 11.1. The summed E-state index contributed by atoms with van der Waals surface area (Å²) in [7, 11) is 0. The van der Waals surface area contributed by atoms with Gasteiger partial charge in [0.05, 0.1) is 6.61 Å². The van der Waals surface area contributed by atoms with Crippen LogP contribution in [-0.4, -0.2) is 18.4 Å². The van der Waals surface area contributed by atoms with Crippen molar-refractivity contribution in [2.24, 2.45) is 5.92 Å². The van der Waals surface area contributed by atoms with Gasteiger partial charge in [0.25, 0.3) is 0 Å². The molecule has 0 aliphatic rings. The summed E-state index contributed by atoms with van der Waals surface area (Å²) in [6.07, 6.45) is 1.36. The molecule has 0 radical (unpaired) electrons. The number of carbonyl (C=O) groups is 2. The lowest BCUT2D eigenvalue weighted by Crippen LogP contribution is -2.15. The summed E-state index contributed by atoms with van der Waals surface area (Å²) >= 11 is 0. The van der Waals surface area contributed by atoms with Crippen molar-refractivity contribution in [1.29, 1.82) is 0 Å². The Bertz CT molecular complexity index is 184. The zero-order valence-corrected chi connectivity index (χ0v) is 7.50. The summed E-state index contributed by atoms with van der Waals surface area (Å²) in [5, 5.41) is 0. The summed E-state index contributed by atoms with van der Waals surface area (Å²) in [5.41, 5.74) is 0. The second kappa shape index (κ2) is 5.52. The van der Waals surface area contributed by atoms with Crippen molar-refractivity contribution in [3.05, 3.63) is 12.7 Å². The van der Waals surface area contributed by atoms with Gasteiger partial charge < -0.3 is 4.74 Å². The van der Waals surface area contributed by atoms with Crippen molar-refractivity contribution in [3.63, 3.8) is 0 Å². The van der Waals surface area contributed by atoms with E-state index < -0.39 is 5.97 Å². The molecule has 0 N–H and O–H groups in total. The van der Waals surface area contributed by atoms with E-state index in [1.165, 1.54) is 6.08 Å². The topological polar surface area (TPSA) is 43.4 Å². The highest BCUT2D eigenvalue weighted by atomic mass is 16.5. The first-order valence-corrected chi connectivity index (χ1v) is 3.92. The van der Waals surface area contributed by atoms with Crippen LogP contribution in [0.1, 0.15) is 20.3 Å². The number of hydrogen-bond acceptors (Lipinski definition) is 3. The Hall–Kier alpha value is -1.12. The molecule has 0 saturated carbocycles. The number of ketones is 1. The molecule has 0 heterocycles. The van der Waals surface area contributed by atoms with E-state index in [0.29, 0.717) is 6.61 Å². The van der Waals surface area contributed by atoms with Crippen LogP contribution in [0.3, 0.4) is 0 Å². The van der Waals surface area contributed by atoms with E-state index >= 15 is 0 Å². The van der Waals surface area contributed by atoms with Gasteiger partial charge in [-0.05, 0) is 6.92 Å². The maximum atomic E-state index is 11.1. The Balaban J connectivity index is 3.83. The summed E-state index contributed by atoms with van der Waals surface area (Å²) in [4.78, 5) is 21.9. The molecule has 3 heteroatoms. The molecule has 0 fully saturated rings. The van der Waals surface area contributed by atoms with Crippen LogP contribution in [0.4, 0.5) is 0 Å².